The maximum atomic E-state index is 12.9. The molecule has 408 valence electrons. The Kier molecular flexibility index (Phi) is 55.2. The van der Waals surface area contributed by atoms with E-state index in [4.69, 9.17) is 14.2 Å². The van der Waals surface area contributed by atoms with Crippen LogP contribution in [0.3, 0.4) is 0 Å². The van der Waals surface area contributed by atoms with E-state index in [0.29, 0.717) is 19.3 Å². The predicted octanol–water partition coefficient (Wildman–Crippen LogP) is 19.5. The molecule has 0 N–H and O–H groups in total. The Morgan fingerprint density at radius 2 is 0.608 bits per heavy atom. The van der Waals surface area contributed by atoms with Crippen molar-refractivity contribution in [1.82, 2.24) is 0 Å². The van der Waals surface area contributed by atoms with Crippen molar-refractivity contribution in [2.45, 2.75) is 200 Å². The second-order valence-electron chi connectivity index (χ2n) is 17.8. The van der Waals surface area contributed by atoms with Gasteiger partial charge in [-0.2, -0.15) is 0 Å². The van der Waals surface area contributed by atoms with Gasteiger partial charge in [0.15, 0.2) is 6.10 Å². The zero-order chi connectivity index (χ0) is 53.6. The second-order valence-corrected chi connectivity index (χ2v) is 17.8. The molecule has 6 nitrogen and oxygen atoms in total. The van der Waals surface area contributed by atoms with Crippen molar-refractivity contribution in [2.24, 2.45) is 0 Å². The lowest BCUT2D eigenvalue weighted by atomic mass is 10.1. The number of rotatable bonds is 48. The average Bonchev–Trinajstić information content (AvgIpc) is 3.40. The van der Waals surface area contributed by atoms with Crippen molar-refractivity contribution in [3.05, 3.63) is 194 Å². The van der Waals surface area contributed by atoms with Gasteiger partial charge in [0.25, 0.3) is 0 Å². The summed E-state index contributed by atoms with van der Waals surface area (Å²) in [5.41, 5.74) is 0. The molecule has 0 aromatic rings. The van der Waals surface area contributed by atoms with E-state index in [9.17, 15) is 14.4 Å². The molecule has 0 spiro atoms. The third kappa shape index (κ3) is 57.2. The fourth-order valence-corrected chi connectivity index (χ4v) is 6.76. The topological polar surface area (TPSA) is 78.9 Å². The molecule has 0 bridgehead atoms. The van der Waals surface area contributed by atoms with Gasteiger partial charge in [0.1, 0.15) is 13.2 Å². The Morgan fingerprint density at radius 3 is 1.04 bits per heavy atom. The van der Waals surface area contributed by atoms with Crippen LogP contribution >= 0.6 is 0 Å². The largest absolute Gasteiger partial charge is 0.462 e. The third-order valence-corrected chi connectivity index (χ3v) is 10.9. The molecule has 6 heteroatoms. The quantitative estimate of drug-likeness (QED) is 0.0199. The third-order valence-electron chi connectivity index (χ3n) is 10.9. The SMILES string of the molecule is CC/C=C\C/C=C\C/C=C\C/C=C\C/C=C\C/C=C\CCC(=O)OCC(COC(=O)CCCCCCC\C=C/C=C\C=C/C=C\C=C/CCC)OC(=O)CCCCC/C=C\C/C=C\C/C=C\C/C=C\C/C=C\CC. The van der Waals surface area contributed by atoms with Crippen LogP contribution in [0.1, 0.15) is 194 Å². The summed E-state index contributed by atoms with van der Waals surface area (Å²) in [5, 5.41) is 0. The zero-order valence-electron chi connectivity index (χ0n) is 46.5. The van der Waals surface area contributed by atoms with Gasteiger partial charge in [-0.25, -0.2) is 0 Å². The molecule has 0 saturated heterocycles. The van der Waals surface area contributed by atoms with Gasteiger partial charge in [0, 0.05) is 19.3 Å². The van der Waals surface area contributed by atoms with Gasteiger partial charge in [-0.15, -0.1) is 0 Å². The molecule has 0 saturated carbocycles. The highest BCUT2D eigenvalue weighted by molar-refractivity contribution is 5.71. The lowest BCUT2D eigenvalue weighted by Gasteiger charge is -2.18. The molecule has 1 unspecified atom stereocenters. The van der Waals surface area contributed by atoms with Gasteiger partial charge in [-0.1, -0.05) is 247 Å². The summed E-state index contributed by atoms with van der Waals surface area (Å²) >= 11 is 0. The molecular formula is C68H100O6. The Labute approximate surface area is 452 Å². The first-order chi connectivity index (χ1) is 36.5. The van der Waals surface area contributed by atoms with E-state index in [1.165, 1.54) is 6.42 Å². The number of ether oxygens (including phenoxy) is 3. The maximum Gasteiger partial charge on any atom is 0.306 e. The van der Waals surface area contributed by atoms with Crippen LogP contribution in [0.15, 0.2) is 194 Å². The summed E-state index contributed by atoms with van der Waals surface area (Å²) in [4.78, 5) is 38.2. The van der Waals surface area contributed by atoms with Crippen LogP contribution in [-0.4, -0.2) is 37.2 Å². The highest BCUT2D eigenvalue weighted by atomic mass is 16.6. The van der Waals surface area contributed by atoms with E-state index >= 15 is 0 Å². The lowest BCUT2D eigenvalue weighted by Crippen LogP contribution is -2.30. The number of carbonyl (C=O) groups excluding carboxylic acids is 3. The highest BCUT2D eigenvalue weighted by Gasteiger charge is 2.19. The molecule has 0 fully saturated rings. The highest BCUT2D eigenvalue weighted by Crippen LogP contribution is 2.11. The van der Waals surface area contributed by atoms with E-state index in [0.717, 1.165) is 135 Å². The number of allylic oxidation sites excluding steroid dienone is 32. The minimum Gasteiger partial charge on any atom is -0.462 e. The number of esters is 3. The van der Waals surface area contributed by atoms with Crippen LogP contribution < -0.4 is 0 Å². The summed E-state index contributed by atoms with van der Waals surface area (Å²) in [7, 11) is 0. The molecule has 0 heterocycles. The minimum atomic E-state index is -0.851. The second kappa shape index (κ2) is 59.8. The van der Waals surface area contributed by atoms with Crippen molar-refractivity contribution < 1.29 is 28.6 Å². The van der Waals surface area contributed by atoms with Crippen LogP contribution in [0.5, 0.6) is 0 Å². The van der Waals surface area contributed by atoms with Gasteiger partial charge in [0.2, 0.25) is 0 Å². The van der Waals surface area contributed by atoms with Crippen LogP contribution in [0, 0.1) is 0 Å². The fourth-order valence-electron chi connectivity index (χ4n) is 6.76. The normalized spacial score (nSPS) is 13.6. The number of hydrogen-bond acceptors (Lipinski definition) is 6. The number of unbranched alkanes of at least 4 members (excludes halogenated alkanes) is 9. The van der Waals surface area contributed by atoms with E-state index in [-0.39, 0.29) is 44.0 Å². The van der Waals surface area contributed by atoms with E-state index in [2.05, 4.69) is 167 Å². The Bertz CT molecular complexity index is 1830. The molecule has 0 aromatic carbocycles. The Morgan fingerprint density at radius 1 is 0.297 bits per heavy atom. The van der Waals surface area contributed by atoms with Crippen molar-refractivity contribution >= 4 is 17.9 Å². The van der Waals surface area contributed by atoms with Gasteiger partial charge in [-0.3, -0.25) is 14.4 Å². The molecule has 0 radical (unpaired) electrons. The predicted molar refractivity (Wildman–Crippen MR) is 320 cm³/mol. The van der Waals surface area contributed by atoms with Crippen molar-refractivity contribution in [1.29, 1.82) is 0 Å². The van der Waals surface area contributed by atoms with E-state index in [1.807, 2.05) is 48.6 Å². The summed E-state index contributed by atoms with van der Waals surface area (Å²) in [6.07, 6.45) is 91.3. The van der Waals surface area contributed by atoms with Crippen molar-refractivity contribution in [2.75, 3.05) is 13.2 Å². The molecule has 1 atom stereocenters. The van der Waals surface area contributed by atoms with Crippen molar-refractivity contribution in [3.8, 4) is 0 Å². The molecule has 0 aliphatic rings. The minimum absolute atomic E-state index is 0.140. The molecule has 0 aliphatic carbocycles. The first-order valence-corrected chi connectivity index (χ1v) is 28.5. The Balaban J connectivity index is 4.68. The smallest absolute Gasteiger partial charge is 0.306 e. The first kappa shape index (κ1) is 68.2. The van der Waals surface area contributed by atoms with Crippen LogP contribution in [0.25, 0.3) is 0 Å². The molecule has 0 rings (SSSR count). The summed E-state index contributed by atoms with van der Waals surface area (Å²) < 4.78 is 16.7. The molecule has 74 heavy (non-hydrogen) atoms. The maximum absolute atomic E-state index is 12.9. The van der Waals surface area contributed by atoms with Gasteiger partial charge in [0.05, 0.1) is 0 Å². The van der Waals surface area contributed by atoms with Gasteiger partial charge in [-0.05, 0) is 122 Å². The molecule has 0 aromatic heterocycles. The van der Waals surface area contributed by atoms with Crippen LogP contribution in [0.4, 0.5) is 0 Å². The molecule has 0 aliphatic heterocycles. The van der Waals surface area contributed by atoms with Crippen LogP contribution in [0.2, 0.25) is 0 Å². The lowest BCUT2D eigenvalue weighted by molar-refractivity contribution is -0.166. The number of hydrogen-bond donors (Lipinski definition) is 0. The average molecular weight is 1010 g/mol. The van der Waals surface area contributed by atoms with E-state index < -0.39 is 6.10 Å². The van der Waals surface area contributed by atoms with Gasteiger partial charge < -0.3 is 14.2 Å². The standard InChI is InChI=1S/C68H100O6/c1-4-7-10-13-16-19-22-25-28-31-34-37-40-43-46-49-52-55-58-61-67(70)73-64-65(63-72-66(69)60-57-54-51-48-45-42-39-36-33-30-27-24-21-18-15-12-9-6-3)74-68(71)62-59-56-53-50-47-44-41-38-35-32-29-26-23-20-17-14-11-8-5-2/h7-8,10-12,15-21,24-30,33-39,43-44,46-47,52,55,65H,4-6,9,13-14,22-23,31-32,40-42,45,48-51,53-54,56-64H2,1-3H3/b10-7-,11-8-,15-12-,19-16-,20-17-,21-18-,27-24-,28-25-,29-26-,33-30-,37-34-,38-35-,39-36-,46-43-,47-44-,55-52-. The fraction of sp³-hybridized carbons (Fsp3) is 0.485. The zero-order valence-corrected chi connectivity index (χ0v) is 46.5. The monoisotopic (exact) mass is 1010 g/mol. The first-order valence-electron chi connectivity index (χ1n) is 28.5. The Hall–Kier alpha value is -5.75. The van der Waals surface area contributed by atoms with E-state index in [1.54, 1.807) is 0 Å². The van der Waals surface area contributed by atoms with Gasteiger partial charge >= 0.3 is 17.9 Å². The molecule has 0 amide bonds. The summed E-state index contributed by atoms with van der Waals surface area (Å²) in [6.45, 7) is 6.18. The molecular weight excluding hydrogens is 913 g/mol. The number of carbonyl (C=O) groups is 3. The summed E-state index contributed by atoms with van der Waals surface area (Å²) in [6, 6.07) is 0. The van der Waals surface area contributed by atoms with Crippen molar-refractivity contribution in [3.63, 3.8) is 0 Å². The van der Waals surface area contributed by atoms with Crippen LogP contribution in [-0.2, 0) is 28.6 Å². The summed E-state index contributed by atoms with van der Waals surface area (Å²) in [5.74, 6) is -1.10.